The summed E-state index contributed by atoms with van der Waals surface area (Å²) in [7, 11) is 1.67. The van der Waals surface area contributed by atoms with Crippen LogP contribution in [-0.4, -0.2) is 62.6 Å². The molecule has 0 saturated heterocycles. The van der Waals surface area contributed by atoms with E-state index in [1.54, 1.807) is 7.11 Å². The first-order valence-electron chi connectivity index (χ1n) is 11.5. The highest BCUT2D eigenvalue weighted by atomic mass is 16.5. The molecular formula is C27H36O6. The lowest BCUT2D eigenvalue weighted by Crippen LogP contribution is -2.31. The van der Waals surface area contributed by atoms with Crippen molar-refractivity contribution in [1.82, 2.24) is 0 Å². The summed E-state index contributed by atoms with van der Waals surface area (Å²) in [5, 5.41) is 23.9. The number of aliphatic hydroxyl groups is 2. The Labute approximate surface area is 196 Å². The molecule has 6 nitrogen and oxygen atoms in total. The molecule has 0 saturated carbocycles. The third-order valence-electron chi connectivity index (χ3n) is 5.53. The zero-order valence-electron chi connectivity index (χ0n) is 20.0. The number of hydrogen-bond acceptors (Lipinski definition) is 6. The van der Waals surface area contributed by atoms with Crippen LogP contribution in [-0.2, 0) is 9.47 Å². The molecule has 3 rings (SSSR count). The Morgan fingerprint density at radius 2 is 1.18 bits per heavy atom. The van der Waals surface area contributed by atoms with Gasteiger partial charge in [0.15, 0.2) is 0 Å². The average Bonchev–Trinajstić information content (AvgIpc) is 2.81. The van der Waals surface area contributed by atoms with Gasteiger partial charge in [-0.1, -0.05) is 69.3 Å². The molecule has 0 fully saturated rings. The van der Waals surface area contributed by atoms with E-state index in [0.29, 0.717) is 26.2 Å². The molecule has 3 aromatic rings. The van der Waals surface area contributed by atoms with E-state index in [2.05, 4.69) is 0 Å². The summed E-state index contributed by atoms with van der Waals surface area (Å²) in [6, 6.07) is 15.9. The lowest BCUT2D eigenvalue weighted by Gasteiger charge is -2.25. The van der Waals surface area contributed by atoms with E-state index >= 15 is 0 Å². The van der Waals surface area contributed by atoms with E-state index in [1.807, 2.05) is 69.3 Å². The van der Waals surface area contributed by atoms with Crippen LogP contribution >= 0.6 is 0 Å². The molecule has 180 valence electrons. The standard InChI is InChI=1S/C27H36O6/c1-5-19(28)14-31-17-27(2,3)18-32-15-20(29)16-33-26-23-12-8-6-10-21(23)25(30-4)22-11-7-9-13-24(22)26/h6-13,19-20,28-29H,5,14-18H2,1-4H3. The van der Waals surface area contributed by atoms with Crippen LogP contribution in [0.15, 0.2) is 48.5 Å². The molecule has 0 heterocycles. The molecule has 0 aliphatic heterocycles. The first-order valence-corrected chi connectivity index (χ1v) is 11.5. The van der Waals surface area contributed by atoms with Crippen molar-refractivity contribution in [3.63, 3.8) is 0 Å². The van der Waals surface area contributed by atoms with Gasteiger partial charge in [-0.2, -0.15) is 0 Å². The van der Waals surface area contributed by atoms with Gasteiger partial charge in [0.1, 0.15) is 24.2 Å². The van der Waals surface area contributed by atoms with Gasteiger partial charge in [0, 0.05) is 27.0 Å². The number of fused-ring (bicyclic) bond motifs is 2. The van der Waals surface area contributed by atoms with Crippen molar-refractivity contribution >= 4 is 21.5 Å². The molecule has 2 atom stereocenters. The summed E-state index contributed by atoms with van der Waals surface area (Å²) in [6.07, 6.45) is -0.545. The summed E-state index contributed by atoms with van der Waals surface area (Å²) in [5.74, 6) is 1.54. The molecule has 0 spiro atoms. The van der Waals surface area contributed by atoms with Gasteiger partial charge in [0.25, 0.3) is 0 Å². The van der Waals surface area contributed by atoms with Crippen LogP contribution in [0.5, 0.6) is 11.5 Å². The molecule has 3 aromatic carbocycles. The van der Waals surface area contributed by atoms with Crippen LogP contribution in [0.25, 0.3) is 21.5 Å². The van der Waals surface area contributed by atoms with E-state index in [4.69, 9.17) is 18.9 Å². The number of hydrogen-bond donors (Lipinski definition) is 2. The molecule has 0 radical (unpaired) electrons. The normalized spacial score (nSPS) is 13.9. The van der Waals surface area contributed by atoms with E-state index in [-0.39, 0.29) is 18.6 Å². The average molecular weight is 457 g/mol. The smallest absolute Gasteiger partial charge is 0.135 e. The Balaban J connectivity index is 1.61. The topological polar surface area (TPSA) is 77.4 Å². The number of methoxy groups -OCH3 is 1. The summed E-state index contributed by atoms with van der Waals surface area (Å²) in [6.45, 7) is 7.48. The second kappa shape index (κ2) is 11.7. The fourth-order valence-corrected chi connectivity index (χ4v) is 3.75. The maximum atomic E-state index is 10.5. The number of benzene rings is 3. The highest BCUT2D eigenvalue weighted by Crippen LogP contribution is 2.42. The van der Waals surface area contributed by atoms with Crippen molar-refractivity contribution in [2.45, 2.75) is 39.4 Å². The van der Waals surface area contributed by atoms with Crippen LogP contribution in [0, 0.1) is 5.41 Å². The van der Waals surface area contributed by atoms with E-state index in [0.717, 1.165) is 33.0 Å². The minimum Gasteiger partial charge on any atom is -0.495 e. The van der Waals surface area contributed by atoms with Crippen molar-refractivity contribution in [3.8, 4) is 11.5 Å². The molecule has 6 heteroatoms. The quantitative estimate of drug-likeness (QED) is 0.367. The molecule has 0 amide bonds. The SMILES string of the molecule is CCC(O)COCC(C)(C)COCC(O)COc1c2ccccc2c(OC)c2ccccc12. The maximum absolute atomic E-state index is 10.5. The Kier molecular flexibility index (Phi) is 8.92. The second-order valence-corrected chi connectivity index (χ2v) is 9.17. The van der Waals surface area contributed by atoms with Gasteiger partial charge >= 0.3 is 0 Å². The summed E-state index contributed by atoms with van der Waals surface area (Å²) >= 11 is 0. The molecule has 0 aliphatic rings. The van der Waals surface area contributed by atoms with Crippen molar-refractivity contribution < 1.29 is 29.2 Å². The molecule has 2 unspecified atom stereocenters. The van der Waals surface area contributed by atoms with Crippen LogP contribution in [0.2, 0.25) is 0 Å². The largest absolute Gasteiger partial charge is 0.495 e. The minimum atomic E-state index is -0.775. The van der Waals surface area contributed by atoms with Gasteiger partial charge in [0.2, 0.25) is 0 Å². The number of rotatable bonds is 13. The number of ether oxygens (including phenoxy) is 4. The predicted molar refractivity (Wildman–Crippen MR) is 131 cm³/mol. The van der Waals surface area contributed by atoms with Crippen molar-refractivity contribution in [1.29, 1.82) is 0 Å². The van der Waals surface area contributed by atoms with Gasteiger partial charge < -0.3 is 29.2 Å². The van der Waals surface area contributed by atoms with Gasteiger partial charge in [-0.15, -0.1) is 0 Å². The van der Waals surface area contributed by atoms with Crippen molar-refractivity contribution in [3.05, 3.63) is 48.5 Å². The Morgan fingerprint density at radius 1 is 0.727 bits per heavy atom. The highest BCUT2D eigenvalue weighted by Gasteiger charge is 2.21. The van der Waals surface area contributed by atoms with Gasteiger partial charge in [0.05, 0.1) is 39.6 Å². The van der Waals surface area contributed by atoms with Crippen LogP contribution in [0.1, 0.15) is 27.2 Å². The predicted octanol–water partition coefficient (Wildman–Crippen LogP) is 4.57. The molecule has 33 heavy (non-hydrogen) atoms. The van der Waals surface area contributed by atoms with Crippen LogP contribution in [0.4, 0.5) is 0 Å². The summed E-state index contributed by atoms with van der Waals surface area (Å²) in [5.41, 5.74) is -0.226. The molecular weight excluding hydrogens is 420 g/mol. The molecule has 0 bridgehead atoms. The Morgan fingerprint density at radius 3 is 1.64 bits per heavy atom. The fraction of sp³-hybridized carbons (Fsp3) is 0.481. The first kappa shape index (κ1) is 25.2. The van der Waals surface area contributed by atoms with Crippen LogP contribution in [0.3, 0.4) is 0 Å². The Bertz CT molecular complexity index is 975. The van der Waals surface area contributed by atoms with E-state index in [9.17, 15) is 10.2 Å². The third kappa shape index (κ3) is 6.58. The van der Waals surface area contributed by atoms with Gasteiger partial charge in [-0.3, -0.25) is 0 Å². The zero-order chi connectivity index (χ0) is 23.8. The Hall–Kier alpha value is -2.38. The second-order valence-electron chi connectivity index (χ2n) is 9.17. The lowest BCUT2D eigenvalue weighted by atomic mass is 9.96. The summed E-state index contributed by atoms with van der Waals surface area (Å²) < 4.78 is 23.2. The minimum absolute atomic E-state index is 0.111. The molecule has 0 aliphatic carbocycles. The maximum Gasteiger partial charge on any atom is 0.135 e. The highest BCUT2D eigenvalue weighted by molar-refractivity contribution is 6.11. The fourth-order valence-electron chi connectivity index (χ4n) is 3.75. The van der Waals surface area contributed by atoms with Gasteiger partial charge in [-0.05, 0) is 6.42 Å². The lowest BCUT2D eigenvalue weighted by molar-refractivity contribution is -0.0509. The summed E-state index contributed by atoms with van der Waals surface area (Å²) in [4.78, 5) is 0. The van der Waals surface area contributed by atoms with E-state index < -0.39 is 12.2 Å². The van der Waals surface area contributed by atoms with Gasteiger partial charge in [-0.25, -0.2) is 0 Å². The molecule has 0 aromatic heterocycles. The van der Waals surface area contributed by atoms with E-state index in [1.165, 1.54) is 0 Å². The van der Waals surface area contributed by atoms with Crippen molar-refractivity contribution in [2.24, 2.45) is 5.41 Å². The third-order valence-corrected chi connectivity index (χ3v) is 5.53. The first-order chi connectivity index (χ1) is 15.9. The monoisotopic (exact) mass is 456 g/mol. The zero-order valence-corrected chi connectivity index (χ0v) is 20.0. The number of aliphatic hydroxyl groups excluding tert-OH is 2. The molecule has 2 N–H and O–H groups in total. The van der Waals surface area contributed by atoms with Crippen LogP contribution < -0.4 is 9.47 Å². The van der Waals surface area contributed by atoms with Crippen molar-refractivity contribution in [2.75, 3.05) is 40.1 Å².